The van der Waals surface area contributed by atoms with E-state index in [9.17, 15) is 8.42 Å². The number of likely N-dealkylation sites (tertiary alicyclic amines) is 1. The largest absolute Gasteiger partial charge is 0.302 e. The minimum absolute atomic E-state index is 0. The van der Waals surface area contributed by atoms with Crippen molar-refractivity contribution in [2.45, 2.75) is 56.8 Å². The Morgan fingerprint density at radius 1 is 1.16 bits per heavy atom. The van der Waals surface area contributed by atoms with Crippen molar-refractivity contribution in [3.63, 3.8) is 0 Å². The first-order valence-electron chi connectivity index (χ1n) is 11.1. The van der Waals surface area contributed by atoms with Gasteiger partial charge in [0.15, 0.2) is 0 Å². The lowest BCUT2D eigenvalue weighted by molar-refractivity contribution is 0.322. The standard InChI is InChI=1S/C24H30Cl2N2O2S.ClH/c1-4-11-28-13-17-7-10-19-20(21(17)14-28)12-22(25)24(23(19)26)27-31(29,30)18-8-5-16(6-9-18)15(2)3;/h5-6,8-9,12,15,17,21,27H,4,7,10-11,13-14H2,1-3H3;1H. The van der Waals surface area contributed by atoms with E-state index in [1.807, 2.05) is 18.2 Å². The molecule has 0 bridgehead atoms. The van der Waals surface area contributed by atoms with Crippen molar-refractivity contribution in [2.75, 3.05) is 24.4 Å². The van der Waals surface area contributed by atoms with Gasteiger partial charge in [-0.05, 0) is 72.5 Å². The third-order valence-electron chi connectivity index (χ3n) is 6.67. The molecule has 0 aromatic heterocycles. The van der Waals surface area contributed by atoms with Gasteiger partial charge in [0, 0.05) is 19.0 Å². The molecular formula is C24H31Cl3N2O2S. The maximum Gasteiger partial charge on any atom is 0.261 e. The Morgan fingerprint density at radius 2 is 1.84 bits per heavy atom. The van der Waals surface area contributed by atoms with E-state index in [0.29, 0.717) is 27.8 Å². The molecule has 1 aliphatic heterocycles. The van der Waals surface area contributed by atoms with Crippen molar-refractivity contribution in [3.8, 4) is 0 Å². The molecule has 0 amide bonds. The Balaban J connectivity index is 0.00000289. The molecule has 4 rings (SSSR count). The molecule has 1 heterocycles. The molecule has 1 saturated heterocycles. The van der Waals surface area contributed by atoms with Crippen LogP contribution in [-0.4, -0.2) is 33.0 Å². The highest BCUT2D eigenvalue weighted by atomic mass is 35.5. The molecule has 8 heteroatoms. The molecule has 2 unspecified atom stereocenters. The Morgan fingerprint density at radius 3 is 2.47 bits per heavy atom. The molecule has 0 saturated carbocycles. The van der Waals surface area contributed by atoms with Crippen LogP contribution in [0.5, 0.6) is 0 Å². The van der Waals surface area contributed by atoms with Gasteiger partial charge in [-0.15, -0.1) is 12.4 Å². The molecule has 1 fully saturated rings. The van der Waals surface area contributed by atoms with Crippen molar-refractivity contribution < 1.29 is 8.42 Å². The van der Waals surface area contributed by atoms with Gasteiger partial charge in [0.2, 0.25) is 0 Å². The smallest absolute Gasteiger partial charge is 0.261 e. The SMILES string of the molecule is CCCN1CC2CCc3c(cc(Cl)c(NS(=O)(=O)c4ccc(C(C)C)cc4)c3Cl)C2C1.Cl. The van der Waals surface area contributed by atoms with Crippen LogP contribution < -0.4 is 4.72 Å². The van der Waals surface area contributed by atoms with Crippen molar-refractivity contribution >= 4 is 51.3 Å². The second kappa shape index (κ2) is 10.1. The summed E-state index contributed by atoms with van der Waals surface area (Å²) in [5, 5.41) is 0.804. The van der Waals surface area contributed by atoms with Gasteiger partial charge in [-0.3, -0.25) is 4.72 Å². The van der Waals surface area contributed by atoms with Gasteiger partial charge >= 0.3 is 0 Å². The first-order chi connectivity index (χ1) is 14.7. The van der Waals surface area contributed by atoms with Crippen molar-refractivity contribution in [2.24, 2.45) is 5.92 Å². The van der Waals surface area contributed by atoms with Crippen LogP contribution in [0.15, 0.2) is 35.2 Å². The van der Waals surface area contributed by atoms with Crippen LogP contribution in [0.25, 0.3) is 0 Å². The van der Waals surface area contributed by atoms with Gasteiger partial charge in [-0.1, -0.05) is 56.1 Å². The fraction of sp³-hybridized carbons (Fsp3) is 0.500. The predicted molar refractivity (Wildman–Crippen MR) is 136 cm³/mol. The Kier molecular flexibility index (Phi) is 8.10. The molecule has 0 spiro atoms. The van der Waals surface area contributed by atoms with Gasteiger partial charge < -0.3 is 4.90 Å². The van der Waals surface area contributed by atoms with Crippen LogP contribution in [0.3, 0.4) is 0 Å². The monoisotopic (exact) mass is 516 g/mol. The Labute approximate surface area is 208 Å². The third kappa shape index (κ3) is 4.92. The van der Waals surface area contributed by atoms with E-state index in [4.69, 9.17) is 23.2 Å². The van der Waals surface area contributed by atoms with E-state index in [1.54, 1.807) is 12.1 Å². The maximum absolute atomic E-state index is 13.0. The number of halogens is 3. The highest BCUT2D eigenvalue weighted by Crippen LogP contribution is 2.47. The highest BCUT2D eigenvalue weighted by Gasteiger charge is 2.38. The van der Waals surface area contributed by atoms with Gasteiger partial charge in [0.1, 0.15) is 0 Å². The Bertz CT molecular complexity index is 1070. The zero-order valence-electron chi connectivity index (χ0n) is 18.7. The molecule has 32 heavy (non-hydrogen) atoms. The fourth-order valence-corrected chi connectivity index (χ4v) is 6.88. The second-order valence-corrected chi connectivity index (χ2v) is 11.6. The highest BCUT2D eigenvalue weighted by molar-refractivity contribution is 7.92. The topological polar surface area (TPSA) is 49.4 Å². The first-order valence-corrected chi connectivity index (χ1v) is 13.3. The molecule has 176 valence electrons. The zero-order chi connectivity index (χ0) is 22.3. The summed E-state index contributed by atoms with van der Waals surface area (Å²) in [5.41, 5.74) is 3.61. The van der Waals surface area contributed by atoms with E-state index in [1.165, 1.54) is 5.56 Å². The molecule has 0 radical (unpaired) electrons. The number of hydrogen-bond acceptors (Lipinski definition) is 3. The van der Waals surface area contributed by atoms with E-state index < -0.39 is 10.0 Å². The van der Waals surface area contributed by atoms with Gasteiger partial charge in [-0.25, -0.2) is 8.42 Å². The quantitative estimate of drug-likeness (QED) is 0.463. The minimum atomic E-state index is -3.79. The summed E-state index contributed by atoms with van der Waals surface area (Å²) in [5.74, 6) is 1.37. The number of hydrogen-bond donors (Lipinski definition) is 1. The average molecular weight is 518 g/mol. The summed E-state index contributed by atoms with van der Waals surface area (Å²) in [6.07, 6.45) is 3.07. The maximum atomic E-state index is 13.0. The number of nitrogens with zero attached hydrogens (tertiary/aromatic N) is 1. The van der Waals surface area contributed by atoms with E-state index in [0.717, 1.165) is 50.0 Å². The summed E-state index contributed by atoms with van der Waals surface area (Å²) in [6.45, 7) is 9.60. The molecule has 4 nitrogen and oxygen atoms in total. The lowest BCUT2D eigenvalue weighted by Crippen LogP contribution is -2.21. The third-order valence-corrected chi connectivity index (χ3v) is 8.75. The van der Waals surface area contributed by atoms with Crippen LogP contribution in [0, 0.1) is 5.92 Å². The first kappa shape index (κ1) is 25.6. The summed E-state index contributed by atoms with van der Waals surface area (Å²) >= 11 is 13.3. The zero-order valence-corrected chi connectivity index (χ0v) is 21.8. The average Bonchev–Trinajstić information content (AvgIpc) is 3.14. The second-order valence-electron chi connectivity index (χ2n) is 9.11. The fourth-order valence-electron chi connectivity index (χ4n) is 5.02. The van der Waals surface area contributed by atoms with Crippen molar-refractivity contribution in [1.82, 2.24) is 4.90 Å². The lowest BCUT2D eigenvalue weighted by atomic mass is 9.77. The molecule has 2 aromatic carbocycles. The lowest BCUT2D eigenvalue weighted by Gasteiger charge is -2.29. The number of benzene rings is 2. The van der Waals surface area contributed by atoms with Crippen LogP contribution in [0.1, 0.15) is 62.1 Å². The summed E-state index contributed by atoms with van der Waals surface area (Å²) in [6, 6.07) is 8.89. The van der Waals surface area contributed by atoms with Crippen LogP contribution in [-0.2, 0) is 16.4 Å². The number of nitrogens with one attached hydrogen (secondary N) is 1. The molecule has 2 atom stereocenters. The predicted octanol–water partition coefficient (Wildman–Crippen LogP) is 6.71. The van der Waals surface area contributed by atoms with Crippen LogP contribution in [0.2, 0.25) is 10.0 Å². The van der Waals surface area contributed by atoms with Crippen LogP contribution in [0.4, 0.5) is 5.69 Å². The Hall–Kier alpha value is -0.980. The normalized spacial score (nSPS) is 20.6. The molecule has 2 aliphatic rings. The number of rotatable bonds is 6. The summed E-state index contributed by atoms with van der Waals surface area (Å²) in [4.78, 5) is 2.72. The van der Waals surface area contributed by atoms with Gasteiger partial charge in [0.05, 0.1) is 20.6 Å². The molecular weight excluding hydrogens is 487 g/mol. The van der Waals surface area contributed by atoms with Crippen molar-refractivity contribution in [1.29, 1.82) is 0 Å². The number of sulfonamides is 1. The molecule has 2 aromatic rings. The van der Waals surface area contributed by atoms with Gasteiger partial charge in [0.25, 0.3) is 10.0 Å². The molecule has 1 N–H and O–H groups in total. The van der Waals surface area contributed by atoms with E-state index in [2.05, 4.69) is 30.4 Å². The summed E-state index contributed by atoms with van der Waals surface area (Å²) < 4.78 is 28.7. The van der Waals surface area contributed by atoms with Gasteiger partial charge in [-0.2, -0.15) is 0 Å². The number of fused-ring (bicyclic) bond motifs is 3. The van der Waals surface area contributed by atoms with E-state index >= 15 is 0 Å². The van der Waals surface area contributed by atoms with Crippen molar-refractivity contribution in [3.05, 3.63) is 57.1 Å². The van der Waals surface area contributed by atoms with Crippen LogP contribution >= 0.6 is 35.6 Å². The summed E-state index contributed by atoms with van der Waals surface area (Å²) in [7, 11) is -3.79. The minimum Gasteiger partial charge on any atom is -0.302 e. The number of anilines is 1. The van der Waals surface area contributed by atoms with E-state index in [-0.39, 0.29) is 23.0 Å². The molecule has 1 aliphatic carbocycles.